The predicted molar refractivity (Wildman–Crippen MR) is 158 cm³/mol. The molecule has 3 aromatic heterocycles. The Kier molecular flexibility index (Phi) is 7.34. The normalized spacial score (nSPS) is 13.2. The van der Waals surface area contributed by atoms with Crippen LogP contribution in [0, 0.1) is 0 Å². The number of benzene rings is 2. The Morgan fingerprint density at radius 1 is 1.10 bits per heavy atom. The number of rotatable bonds is 8. The number of carboxylic acid groups (broad SMARTS) is 1. The number of aliphatic imine (C=N–C) groups is 1. The van der Waals surface area contributed by atoms with Crippen molar-refractivity contribution in [3.63, 3.8) is 0 Å². The van der Waals surface area contributed by atoms with E-state index in [0.717, 1.165) is 44.0 Å². The van der Waals surface area contributed by atoms with Crippen LogP contribution in [0.2, 0.25) is 5.02 Å². The second kappa shape index (κ2) is 11.2. The van der Waals surface area contributed by atoms with Gasteiger partial charge in [0.05, 0.1) is 22.8 Å². The molecule has 0 saturated heterocycles. The van der Waals surface area contributed by atoms with Crippen molar-refractivity contribution in [2.75, 3.05) is 0 Å². The Morgan fingerprint density at radius 3 is 2.71 bits per heavy atom. The monoisotopic (exact) mass is 584 g/mol. The molecule has 2 aromatic carbocycles. The summed E-state index contributed by atoms with van der Waals surface area (Å²) >= 11 is 8.18. The van der Waals surface area contributed by atoms with Gasteiger partial charge in [-0.2, -0.15) is 0 Å². The molecular formula is C30H25ClN6O3S. The third kappa shape index (κ3) is 5.23. The van der Waals surface area contributed by atoms with Crippen LogP contribution in [-0.2, 0) is 17.8 Å². The number of hydrogen-bond acceptors (Lipinski definition) is 7. The van der Waals surface area contributed by atoms with E-state index < -0.39 is 12.0 Å². The lowest BCUT2D eigenvalue weighted by atomic mass is 10.0. The number of thiophene rings is 1. The number of nitrogens with one attached hydrogen (secondary N) is 1. The van der Waals surface area contributed by atoms with Gasteiger partial charge in [0.25, 0.3) is 5.91 Å². The molecule has 0 saturated carbocycles. The predicted octanol–water partition coefficient (Wildman–Crippen LogP) is 5.78. The van der Waals surface area contributed by atoms with Crippen molar-refractivity contribution in [2.24, 2.45) is 4.99 Å². The summed E-state index contributed by atoms with van der Waals surface area (Å²) in [5, 5.41) is 23.7. The van der Waals surface area contributed by atoms with Crippen LogP contribution >= 0.6 is 22.9 Å². The zero-order valence-corrected chi connectivity index (χ0v) is 23.6. The van der Waals surface area contributed by atoms with Gasteiger partial charge in [0, 0.05) is 39.0 Å². The number of aliphatic carboxylic acids is 1. The lowest BCUT2D eigenvalue weighted by Gasteiger charge is -2.19. The van der Waals surface area contributed by atoms with Crippen LogP contribution in [0.25, 0.3) is 15.9 Å². The first-order valence-electron chi connectivity index (χ1n) is 13.2. The van der Waals surface area contributed by atoms with Crippen LogP contribution in [0.4, 0.5) is 0 Å². The topological polar surface area (TPSA) is 122 Å². The highest BCUT2D eigenvalue weighted by atomic mass is 35.5. The fourth-order valence-electron chi connectivity index (χ4n) is 4.91. The van der Waals surface area contributed by atoms with Crippen LogP contribution in [0.1, 0.15) is 63.8 Å². The second-order valence-electron chi connectivity index (χ2n) is 9.61. The number of amides is 1. The van der Waals surface area contributed by atoms with Crippen LogP contribution in [0.15, 0.2) is 71.9 Å². The number of aromatic nitrogens is 4. The number of carboxylic acids is 1. The minimum atomic E-state index is -0.971. The Bertz CT molecular complexity index is 1830. The van der Waals surface area contributed by atoms with Gasteiger partial charge >= 0.3 is 5.97 Å². The summed E-state index contributed by atoms with van der Waals surface area (Å²) in [5.74, 6) is -0.306. The largest absolute Gasteiger partial charge is 0.481 e. The lowest BCUT2D eigenvalue weighted by Crippen LogP contribution is -2.31. The van der Waals surface area contributed by atoms with Crippen molar-refractivity contribution in [3.8, 4) is 5.00 Å². The van der Waals surface area contributed by atoms with Gasteiger partial charge in [0.2, 0.25) is 0 Å². The van der Waals surface area contributed by atoms with Gasteiger partial charge in [0.1, 0.15) is 11.5 Å². The summed E-state index contributed by atoms with van der Waals surface area (Å²) < 4.78 is 1.91. The van der Waals surface area contributed by atoms with Gasteiger partial charge in [-0.25, -0.2) is 0 Å². The van der Waals surface area contributed by atoms with E-state index >= 15 is 0 Å². The van der Waals surface area contributed by atoms with Gasteiger partial charge in [-0.3, -0.25) is 24.1 Å². The highest BCUT2D eigenvalue weighted by molar-refractivity contribution is 7.15. The summed E-state index contributed by atoms with van der Waals surface area (Å²) in [6, 6.07) is 18.3. The molecule has 11 heteroatoms. The maximum Gasteiger partial charge on any atom is 0.303 e. The zero-order chi connectivity index (χ0) is 28.5. The fraction of sp³-hybridized carbons (Fsp3) is 0.200. The van der Waals surface area contributed by atoms with E-state index in [9.17, 15) is 14.7 Å². The van der Waals surface area contributed by atoms with E-state index in [1.807, 2.05) is 53.1 Å². The van der Waals surface area contributed by atoms with E-state index in [-0.39, 0.29) is 25.3 Å². The quantitative estimate of drug-likeness (QED) is 0.238. The Hall–Kier alpha value is -4.41. The number of hydrogen-bond donors (Lipinski definition) is 2. The van der Waals surface area contributed by atoms with Crippen LogP contribution in [-0.4, -0.2) is 42.4 Å². The number of pyridine rings is 1. The first kappa shape index (κ1) is 26.8. The first-order valence-corrected chi connectivity index (χ1v) is 14.4. The van der Waals surface area contributed by atoms with Gasteiger partial charge in [-0.05, 0) is 37.1 Å². The molecule has 5 aromatic rings. The van der Waals surface area contributed by atoms with Crippen molar-refractivity contribution in [1.29, 1.82) is 0 Å². The van der Waals surface area contributed by atoms with Crippen LogP contribution in [0.3, 0.4) is 0 Å². The molecule has 1 amide bonds. The fourth-order valence-corrected chi connectivity index (χ4v) is 6.26. The van der Waals surface area contributed by atoms with Crippen molar-refractivity contribution >= 4 is 51.4 Å². The molecule has 1 aliphatic rings. The summed E-state index contributed by atoms with van der Waals surface area (Å²) in [5.41, 5.74) is 3.61. The number of carbonyl (C=O) groups excluding carboxylic acids is 1. The van der Waals surface area contributed by atoms with Crippen LogP contribution in [0.5, 0.6) is 0 Å². The summed E-state index contributed by atoms with van der Waals surface area (Å²) in [7, 11) is 0. The molecule has 0 spiro atoms. The molecule has 6 rings (SSSR count). The van der Waals surface area contributed by atoms with E-state index in [4.69, 9.17) is 16.6 Å². The average molecular weight is 585 g/mol. The molecule has 0 fully saturated rings. The maximum absolute atomic E-state index is 13.5. The SMILES string of the molecule is CCc1cc2c(s1)-n1c(nnc1[C@@H](CCC(=O)O)NC(=O)c1cnc3ccccc3c1)CN=C2c1ccccc1Cl. The Labute approximate surface area is 244 Å². The highest BCUT2D eigenvalue weighted by Crippen LogP contribution is 2.36. The second-order valence-corrected chi connectivity index (χ2v) is 11.1. The lowest BCUT2D eigenvalue weighted by molar-refractivity contribution is -0.137. The van der Waals surface area contributed by atoms with E-state index in [1.54, 1.807) is 17.4 Å². The number of nitrogens with zero attached hydrogens (tertiary/aromatic N) is 5. The van der Waals surface area contributed by atoms with Crippen molar-refractivity contribution in [3.05, 3.63) is 105 Å². The average Bonchev–Trinajstić information content (AvgIpc) is 3.56. The van der Waals surface area contributed by atoms with Gasteiger partial charge < -0.3 is 10.4 Å². The molecule has 0 aliphatic carbocycles. The zero-order valence-electron chi connectivity index (χ0n) is 22.0. The van der Waals surface area contributed by atoms with Crippen molar-refractivity contribution < 1.29 is 14.7 Å². The van der Waals surface area contributed by atoms with Gasteiger partial charge in [0.15, 0.2) is 11.6 Å². The molecule has 0 unspecified atom stereocenters. The summed E-state index contributed by atoms with van der Waals surface area (Å²) in [4.78, 5) is 35.5. The number of para-hydroxylation sites is 1. The number of fused-ring (bicyclic) bond motifs is 4. The molecule has 1 atom stereocenters. The third-order valence-corrected chi connectivity index (χ3v) is 8.54. The molecule has 206 valence electrons. The van der Waals surface area contributed by atoms with Crippen molar-refractivity contribution in [2.45, 2.75) is 38.8 Å². The molecule has 1 aliphatic heterocycles. The summed E-state index contributed by atoms with van der Waals surface area (Å²) in [6.45, 7) is 2.32. The molecule has 0 bridgehead atoms. The standard InChI is InChI=1S/C30H25ClN6O3S/c1-2-19-14-21-27(20-8-4-5-9-22(20)31)33-16-25-35-36-28(37(25)30(21)41-19)24(11-12-26(38)39)34-29(40)18-13-17-7-3-6-10-23(17)32-15-18/h3-10,13-15,24H,2,11-12,16H2,1H3,(H,34,40)(H,38,39)/t24-/m1/s1. The van der Waals surface area contributed by atoms with E-state index in [1.165, 1.54) is 6.20 Å². The Balaban J connectivity index is 1.42. The molecule has 4 heterocycles. The number of halogens is 1. The molecule has 41 heavy (non-hydrogen) atoms. The van der Waals surface area contributed by atoms with Crippen LogP contribution < -0.4 is 5.32 Å². The summed E-state index contributed by atoms with van der Waals surface area (Å²) in [6.07, 6.45) is 2.29. The minimum absolute atomic E-state index is 0.125. The van der Waals surface area contributed by atoms with Crippen molar-refractivity contribution in [1.82, 2.24) is 25.1 Å². The molecule has 0 radical (unpaired) electrons. The first-order chi connectivity index (χ1) is 19.9. The highest BCUT2D eigenvalue weighted by Gasteiger charge is 2.30. The minimum Gasteiger partial charge on any atom is -0.481 e. The maximum atomic E-state index is 13.5. The van der Waals surface area contributed by atoms with E-state index in [2.05, 4.69) is 33.5 Å². The number of carbonyl (C=O) groups is 2. The smallest absolute Gasteiger partial charge is 0.303 e. The Morgan fingerprint density at radius 2 is 1.90 bits per heavy atom. The number of aryl methyl sites for hydroxylation is 1. The van der Waals surface area contributed by atoms with E-state index in [0.29, 0.717) is 22.2 Å². The molecular weight excluding hydrogens is 560 g/mol. The molecule has 9 nitrogen and oxygen atoms in total. The van der Waals surface area contributed by atoms with Gasteiger partial charge in [-0.15, -0.1) is 21.5 Å². The molecule has 2 N–H and O–H groups in total. The third-order valence-electron chi connectivity index (χ3n) is 6.95. The van der Waals surface area contributed by atoms with Gasteiger partial charge in [-0.1, -0.05) is 54.9 Å².